The first-order chi connectivity index (χ1) is 8.36. The molecule has 0 saturated heterocycles. The first-order valence-electron chi connectivity index (χ1n) is 5.90. The van der Waals surface area contributed by atoms with Gasteiger partial charge in [0.15, 0.2) is 0 Å². The fraction of sp³-hybridized carbons (Fsp3) is 0.727. The van der Waals surface area contributed by atoms with E-state index in [1.54, 1.807) is 0 Å². The van der Waals surface area contributed by atoms with Gasteiger partial charge >= 0.3 is 5.97 Å². The molecule has 5 N–H and O–H groups in total. The van der Waals surface area contributed by atoms with Crippen LogP contribution in [0.1, 0.15) is 33.1 Å². The number of hydrogen-bond donors (Lipinski definition) is 4. The molecule has 0 spiro atoms. The monoisotopic (exact) mass is 259 g/mol. The highest BCUT2D eigenvalue weighted by Gasteiger charge is 2.20. The van der Waals surface area contributed by atoms with Crippen LogP contribution < -0.4 is 16.4 Å². The first kappa shape index (κ1) is 16.4. The number of carboxylic acid groups (broad SMARTS) is 1. The van der Waals surface area contributed by atoms with E-state index in [-0.39, 0.29) is 25.4 Å². The van der Waals surface area contributed by atoms with Gasteiger partial charge in [0.25, 0.3) is 0 Å². The Bertz CT molecular complexity index is 307. The van der Waals surface area contributed by atoms with Crippen LogP contribution in [0.2, 0.25) is 0 Å². The van der Waals surface area contributed by atoms with E-state index < -0.39 is 23.8 Å². The highest BCUT2D eigenvalue weighted by Crippen LogP contribution is 1.97. The van der Waals surface area contributed by atoms with Crippen LogP contribution in [0.4, 0.5) is 0 Å². The zero-order valence-corrected chi connectivity index (χ0v) is 10.7. The number of nitrogens with two attached hydrogens (primary N) is 1. The second kappa shape index (κ2) is 8.46. The van der Waals surface area contributed by atoms with E-state index in [9.17, 15) is 14.4 Å². The maximum absolute atomic E-state index is 11.5. The summed E-state index contributed by atoms with van der Waals surface area (Å²) in [5.74, 6) is -2.17. The van der Waals surface area contributed by atoms with Crippen molar-refractivity contribution >= 4 is 17.8 Å². The van der Waals surface area contributed by atoms with Crippen LogP contribution in [-0.2, 0) is 14.4 Å². The van der Waals surface area contributed by atoms with Gasteiger partial charge in [-0.25, -0.2) is 4.79 Å². The van der Waals surface area contributed by atoms with Crippen LogP contribution in [0, 0.1) is 0 Å². The molecule has 0 aliphatic heterocycles. The van der Waals surface area contributed by atoms with Gasteiger partial charge in [0.1, 0.15) is 6.04 Å². The lowest BCUT2D eigenvalue weighted by molar-refractivity contribution is -0.142. The summed E-state index contributed by atoms with van der Waals surface area (Å²) in [5.41, 5.74) is 4.93. The van der Waals surface area contributed by atoms with Gasteiger partial charge in [-0.05, 0) is 19.8 Å². The van der Waals surface area contributed by atoms with E-state index in [1.165, 1.54) is 0 Å². The lowest BCUT2D eigenvalue weighted by Gasteiger charge is -2.15. The Morgan fingerprint density at radius 1 is 1.33 bits per heavy atom. The molecule has 7 nitrogen and oxygen atoms in total. The zero-order valence-electron chi connectivity index (χ0n) is 10.7. The van der Waals surface area contributed by atoms with E-state index >= 15 is 0 Å². The average Bonchev–Trinajstić information content (AvgIpc) is 2.30. The molecule has 0 heterocycles. The minimum Gasteiger partial charge on any atom is -0.480 e. The SMILES string of the molecule is CCC(C)NCC(=O)NC(CCC(N)=O)C(=O)O. The number of rotatable bonds is 9. The highest BCUT2D eigenvalue weighted by atomic mass is 16.4. The molecule has 2 amide bonds. The number of carbonyl (C=O) groups is 3. The van der Waals surface area contributed by atoms with Gasteiger partial charge in [0.2, 0.25) is 11.8 Å². The first-order valence-corrected chi connectivity index (χ1v) is 5.90. The molecule has 104 valence electrons. The van der Waals surface area contributed by atoms with Crippen LogP contribution in [0.25, 0.3) is 0 Å². The molecule has 0 aliphatic carbocycles. The number of hydrogen-bond acceptors (Lipinski definition) is 4. The van der Waals surface area contributed by atoms with Crippen molar-refractivity contribution in [2.24, 2.45) is 5.73 Å². The van der Waals surface area contributed by atoms with Crippen molar-refractivity contribution in [2.45, 2.75) is 45.2 Å². The molecule has 0 radical (unpaired) electrons. The summed E-state index contributed by atoms with van der Waals surface area (Å²) in [6.45, 7) is 3.95. The molecule has 0 bridgehead atoms. The number of nitrogens with one attached hydrogen (secondary N) is 2. The fourth-order valence-corrected chi connectivity index (χ4v) is 1.20. The molecule has 2 atom stereocenters. The van der Waals surface area contributed by atoms with Gasteiger partial charge in [0.05, 0.1) is 6.54 Å². The predicted molar refractivity (Wildman–Crippen MR) is 65.8 cm³/mol. The van der Waals surface area contributed by atoms with E-state index in [4.69, 9.17) is 10.8 Å². The van der Waals surface area contributed by atoms with Crippen molar-refractivity contribution in [3.8, 4) is 0 Å². The van der Waals surface area contributed by atoms with E-state index in [0.717, 1.165) is 6.42 Å². The van der Waals surface area contributed by atoms with Crippen molar-refractivity contribution in [3.63, 3.8) is 0 Å². The summed E-state index contributed by atoms with van der Waals surface area (Å²) >= 11 is 0. The molecule has 0 aromatic rings. The third-order valence-electron chi connectivity index (χ3n) is 2.54. The van der Waals surface area contributed by atoms with Crippen molar-refractivity contribution in [2.75, 3.05) is 6.54 Å². The van der Waals surface area contributed by atoms with Crippen molar-refractivity contribution in [3.05, 3.63) is 0 Å². The molecule has 0 fully saturated rings. The summed E-state index contributed by atoms with van der Waals surface area (Å²) in [6.07, 6.45) is 0.799. The van der Waals surface area contributed by atoms with Crippen molar-refractivity contribution in [1.29, 1.82) is 0 Å². The number of carboxylic acids is 1. The fourth-order valence-electron chi connectivity index (χ4n) is 1.20. The summed E-state index contributed by atoms with van der Waals surface area (Å²) < 4.78 is 0. The summed E-state index contributed by atoms with van der Waals surface area (Å²) in [5, 5.41) is 14.2. The van der Waals surface area contributed by atoms with Crippen LogP contribution in [0.3, 0.4) is 0 Å². The van der Waals surface area contributed by atoms with Gasteiger partial charge in [0, 0.05) is 12.5 Å². The standard InChI is InChI=1S/C11H21N3O4/c1-3-7(2)13-6-10(16)14-8(11(17)18)4-5-9(12)15/h7-8,13H,3-6H2,1-2H3,(H2,12,15)(H,14,16)(H,17,18). The molecule has 7 heteroatoms. The van der Waals surface area contributed by atoms with E-state index in [2.05, 4.69) is 10.6 Å². The number of amides is 2. The van der Waals surface area contributed by atoms with Crippen LogP contribution in [-0.4, -0.2) is 41.5 Å². The second-order valence-electron chi connectivity index (χ2n) is 4.15. The van der Waals surface area contributed by atoms with Gasteiger partial charge in [-0.3, -0.25) is 9.59 Å². The van der Waals surface area contributed by atoms with E-state index in [1.807, 2.05) is 13.8 Å². The Morgan fingerprint density at radius 2 is 1.94 bits per heavy atom. The normalized spacial score (nSPS) is 13.7. The quantitative estimate of drug-likeness (QED) is 0.432. The largest absolute Gasteiger partial charge is 0.480 e. The van der Waals surface area contributed by atoms with Crippen molar-refractivity contribution < 1.29 is 19.5 Å². The number of carbonyl (C=O) groups excluding carboxylic acids is 2. The van der Waals surface area contributed by atoms with Crippen LogP contribution in [0.5, 0.6) is 0 Å². The molecule has 0 rings (SSSR count). The second-order valence-corrected chi connectivity index (χ2v) is 4.15. The molecule has 0 aromatic heterocycles. The topological polar surface area (TPSA) is 122 Å². The number of aliphatic carboxylic acids is 1. The van der Waals surface area contributed by atoms with Gasteiger partial charge in [-0.1, -0.05) is 6.92 Å². The Hall–Kier alpha value is -1.63. The summed E-state index contributed by atoms with van der Waals surface area (Å²) in [7, 11) is 0. The Morgan fingerprint density at radius 3 is 2.39 bits per heavy atom. The maximum Gasteiger partial charge on any atom is 0.326 e. The molecule has 2 unspecified atom stereocenters. The van der Waals surface area contributed by atoms with Gasteiger partial charge < -0.3 is 21.5 Å². The molecule has 0 aromatic carbocycles. The Kier molecular flexibility index (Phi) is 7.69. The van der Waals surface area contributed by atoms with Crippen LogP contribution >= 0.6 is 0 Å². The molecule has 0 saturated carbocycles. The zero-order chi connectivity index (χ0) is 14.1. The lowest BCUT2D eigenvalue weighted by atomic mass is 10.1. The van der Waals surface area contributed by atoms with Gasteiger partial charge in [-0.15, -0.1) is 0 Å². The third kappa shape index (κ3) is 7.61. The predicted octanol–water partition coefficient (Wildman–Crippen LogP) is -0.791. The summed E-state index contributed by atoms with van der Waals surface area (Å²) in [6, 6.07) is -0.895. The molecular formula is C11H21N3O4. The van der Waals surface area contributed by atoms with Crippen molar-refractivity contribution in [1.82, 2.24) is 10.6 Å². The third-order valence-corrected chi connectivity index (χ3v) is 2.54. The number of primary amides is 1. The Balaban J connectivity index is 4.11. The average molecular weight is 259 g/mol. The molecule has 0 aliphatic rings. The van der Waals surface area contributed by atoms with Crippen LogP contribution in [0.15, 0.2) is 0 Å². The minimum absolute atomic E-state index is 0.000260. The van der Waals surface area contributed by atoms with Gasteiger partial charge in [-0.2, -0.15) is 0 Å². The molecule has 18 heavy (non-hydrogen) atoms. The minimum atomic E-state index is -1.17. The smallest absolute Gasteiger partial charge is 0.326 e. The maximum atomic E-state index is 11.5. The lowest BCUT2D eigenvalue weighted by Crippen LogP contribution is -2.46. The molecular weight excluding hydrogens is 238 g/mol. The van der Waals surface area contributed by atoms with E-state index in [0.29, 0.717) is 0 Å². The Labute approximate surface area is 106 Å². The summed E-state index contributed by atoms with van der Waals surface area (Å²) in [4.78, 5) is 32.9. The highest BCUT2D eigenvalue weighted by molar-refractivity contribution is 5.85.